The molecule has 2 aliphatic rings. The SMILES string of the molecule is CN1CC[C@@](O)(C#Cc2cccc(-n3nc(C(N)=O)c4c3CCCN4)c2)C1. The summed E-state index contributed by atoms with van der Waals surface area (Å²) in [4.78, 5) is 13.8. The number of aromatic nitrogens is 2. The van der Waals surface area contributed by atoms with Gasteiger partial charge in [0.05, 0.1) is 17.1 Å². The van der Waals surface area contributed by atoms with Gasteiger partial charge in [-0.15, -0.1) is 0 Å². The van der Waals surface area contributed by atoms with Crippen molar-refractivity contribution in [2.24, 2.45) is 5.73 Å². The zero-order valence-corrected chi connectivity index (χ0v) is 15.3. The number of benzene rings is 1. The lowest BCUT2D eigenvalue weighted by Gasteiger charge is -2.16. The zero-order valence-electron chi connectivity index (χ0n) is 15.3. The number of rotatable bonds is 2. The molecule has 0 unspecified atom stereocenters. The first-order valence-electron chi connectivity index (χ1n) is 9.15. The Morgan fingerprint density at radius 1 is 1.44 bits per heavy atom. The molecule has 27 heavy (non-hydrogen) atoms. The van der Waals surface area contributed by atoms with E-state index in [9.17, 15) is 9.90 Å². The molecule has 0 radical (unpaired) electrons. The van der Waals surface area contributed by atoms with Gasteiger partial charge in [-0.2, -0.15) is 5.10 Å². The minimum absolute atomic E-state index is 0.268. The molecule has 4 N–H and O–H groups in total. The fourth-order valence-corrected chi connectivity index (χ4v) is 3.71. The largest absolute Gasteiger partial charge is 0.382 e. The summed E-state index contributed by atoms with van der Waals surface area (Å²) in [6, 6.07) is 7.65. The molecule has 7 heteroatoms. The molecular weight excluding hydrogens is 342 g/mol. The minimum Gasteiger partial charge on any atom is -0.382 e. The number of carbonyl (C=O) groups excluding carboxylic acids is 1. The normalized spacial score (nSPS) is 21.9. The molecule has 0 bridgehead atoms. The lowest BCUT2D eigenvalue weighted by molar-refractivity contribution is 0.0995. The van der Waals surface area contributed by atoms with Crippen LogP contribution in [0.1, 0.15) is 34.6 Å². The zero-order chi connectivity index (χ0) is 19.0. The second-order valence-corrected chi connectivity index (χ2v) is 7.30. The number of amides is 1. The molecule has 7 nitrogen and oxygen atoms in total. The maximum Gasteiger partial charge on any atom is 0.271 e. The lowest BCUT2D eigenvalue weighted by Crippen LogP contribution is -2.29. The molecule has 0 aliphatic carbocycles. The van der Waals surface area contributed by atoms with E-state index < -0.39 is 11.5 Å². The van der Waals surface area contributed by atoms with E-state index in [0.717, 1.165) is 48.6 Å². The number of anilines is 1. The van der Waals surface area contributed by atoms with Crippen LogP contribution in [0.2, 0.25) is 0 Å². The highest BCUT2D eigenvalue weighted by molar-refractivity contribution is 5.97. The number of aliphatic hydroxyl groups is 1. The number of fused-ring (bicyclic) bond motifs is 1. The van der Waals surface area contributed by atoms with Gasteiger partial charge in [-0.05, 0) is 38.1 Å². The van der Waals surface area contributed by atoms with Crippen LogP contribution in [-0.2, 0) is 6.42 Å². The summed E-state index contributed by atoms with van der Waals surface area (Å²) in [5, 5.41) is 18.2. The van der Waals surface area contributed by atoms with Gasteiger partial charge in [0.2, 0.25) is 0 Å². The summed E-state index contributed by atoms with van der Waals surface area (Å²) in [7, 11) is 1.98. The third-order valence-electron chi connectivity index (χ3n) is 5.08. The Morgan fingerprint density at radius 3 is 3.04 bits per heavy atom. The molecule has 4 rings (SSSR count). The molecule has 2 aliphatic heterocycles. The maximum absolute atomic E-state index is 11.7. The van der Waals surface area contributed by atoms with Crippen molar-refractivity contribution < 1.29 is 9.90 Å². The Morgan fingerprint density at radius 2 is 2.30 bits per heavy atom. The second-order valence-electron chi connectivity index (χ2n) is 7.30. The van der Waals surface area contributed by atoms with Gasteiger partial charge in [-0.25, -0.2) is 4.68 Å². The Bertz CT molecular complexity index is 955. The van der Waals surface area contributed by atoms with Crippen molar-refractivity contribution in [3.05, 3.63) is 41.2 Å². The van der Waals surface area contributed by atoms with E-state index >= 15 is 0 Å². The summed E-state index contributed by atoms with van der Waals surface area (Å²) in [6.45, 7) is 2.20. The number of likely N-dealkylation sites (N-methyl/N-ethyl adjacent to an activating group) is 1. The number of nitrogens with one attached hydrogen (secondary N) is 1. The second kappa shape index (κ2) is 6.72. The molecule has 1 fully saturated rings. The Balaban J connectivity index is 1.69. The van der Waals surface area contributed by atoms with E-state index in [4.69, 9.17) is 5.73 Å². The molecule has 0 spiro atoms. The van der Waals surface area contributed by atoms with Crippen molar-refractivity contribution in [2.75, 3.05) is 32.0 Å². The number of carbonyl (C=O) groups is 1. The number of nitrogens with zero attached hydrogens (tertiary/aromatic N) is 3. The third-order valence-corrected chi connectivity index (χ3v) is 5.08. The van der Waals surface area contributed by atoms with Crippen LogP contribution >= 0.6 is 0 Å². The molecular formula is C20H23N5O2. The summed E-state index contributed by atoms with van der Waals surface area (Å²) < 4.78 is 1.77. The molecule has 1 atom stereocenters. The van der Waals surface area contributed by atoms with Crippen LogP contribution in [0.5, 0.6) is 0 Å². The van der Waals surface area contributed by atoms with Crippen molar-refractivity contribution in [3.8, 4) is 17.5 Å². The molecule has 3 heterocycles. The first kappa shape index (κ1) is 17.6. The van der Waals surface area contributed by atoms with Gasteiger partial charge in [0.1, 0.15) is 5.60 Å². The van der Waals surface area contributed by atoms with Crippen molar-refractivity contribution in [1.82, 2.24) is 14.7 Å². The molecule has 140 valence electrons. The van der Waals surface area contributed by atoms with E-state index in [0.29, 0.717) is 13.0 Å². The molecule has 1 amide bonds. The van der Waals surface area contributed by atoms with Crippen LogP contribution in [0, 0.1) is 11.8 Å². The third kappa shape index (κ3) is 3.42. The van der Waals surface area contributed by atoms with Crippen LogP contribution in [0.25, 0.3) is 5.69 Å². The smallest absolute Gasteiger partial charge is 0.271 e. The van der Waals surface area contributed by atoms with Crippen LogP contribution in [-0.4, -0.2) is 58.0 Å². The highest BCUT2D eigenvalue weighted by Gasteiger charge is 2.32. The maximum atomic E-state index is 11.7. The van der Waals surface area contributed by atoms with Gasteiger partial charge < -0.3 is 21.1 Å². The lowest BCUT2D eigenvalue weighted by atomic mass is 10.0. The quantitative estimate of drug-likeness (QED) is 0.683. The number of primary amides is 1. The summed E-state index contributed by atoms with van der Waals surface area (Å²) in [6.07, 6.45) is 2.44. The van der Waals surface area contributed by atoms with E-state index in [1.54, 1.807) is 4.68 Å². The predicted molar refractivity (Wildman–Crippen MR) is 103 cm³/mol. The van der Waals surface area contributed by atoms with Crippen molar-refractivity contribution in [3.63, 3.8) is 0 Å². The summed E-state index contributed by atoms with van der Waals surface area (Å²) in [5.41, 5.74) is 8.11. The summed E-state index contributed by atoms with van der Waals surface area (Å²) >= 11 is 0. The Kier molecular flexibility index (Phi) is 4.38. The standard InChI is InChI=1S/C20H23N5O2/c1-24-11-9-20(27,13-24)8-7-14-4-2-5-15(12-14)25-16-6-3-10-22-17(16)18(23-25)19(21)26/h2,4-5,12,22,27H,3,6,9-11,13H2,1H3,(H2,21,26)/t20-/m0/s1. The molecule has 1 aromatic heterocycles. The van der Waals surface area contributed by atoms with Gasteiger partial charge in [0, 0.05) is 31.6 Å². The molecule has 1 saturated heterocycles. The molecule has 1 aromatic carbocycles. The number of hydrogen-bond acceptors (Lipinski definition) is 5. The van der Waals surface area contributed by atoms with Gasteiger partial charge in [-0.3, -0.25) is 4.79 Å². The molecule has 0 saturated carbocycles. The van der Waals surface area contributed by atoms with Gasteiger partial charge in [0.15, 0.2) is 5.69 Å². The average Bonchev–Trinajstić information content (AvgIpc) is 3.21. The van der Waals surface area contributed by atoms with E-state index in [-0.39, 0.29) is 5.69 Å². The van der Waals surface area contributed by atoms with E-state index in [1.165, 1.54) is 0 Å². The first-order valence-corrected chi connectivity index (χ1v) is 9.15. The van der Waals surface area contributed by atoms with Gasteiger partial charge in [0.25, 0.3) is 5.91 Å². The topological polar surface area (TPSA) is 96.4 Å². The number of likely N-dealkylation sites (tertiary alicyclic amines) is 1. The van der Waals surface area contributed by atoms with Gasteiger partial charge >= 0.3 is 0 Å². The van der Waals surface area contributed by atoms with Crippen LogP contribution in [0.15, 0.2) is 24.3 Å². The first-order chi connectivity index (χ1) is 13.0. The van der Waals surface area contributed by atoms with Crippen LogP contribution < -0.4 is 11.1 Å². The predicted octanol–water partition coefficient (Wildman–Crippen LogP) is 0.747. The fourth-order valence-electron chi connectivity index (χ4n) is 3.71. The highest BCUT2D eigenvalue weighted by Crippen LogP contribution is 2.28. The van der Waals surface area contributed by atoms with E-state index in [1.807, 2.05) is 31.3 Å². The number of β-amino-alcohol motifs (C(OH)–C–C–N with tert-alkyl or cyclic N) is 1. The Hall–Kier alpha value is -2.82. The highest BCUT2D eigenvalue weighted by atomic mass is 16.3. The average molecular weight is 365 g/mol. The van der Waals surface area contributed by atoms with Crippen molar-refractivity contribution >= 4 is 11.6 Å². The van der Waals surface area contributed by atoms with Gasteiger partial charge in [-0.1, -0.05) is 17.9 Å². The minimum atomic E-state index is -0.960. The number of nitrogens with two attached hydrogens (primary N) is 1. The van der Waals surface area contributed by atoms with Crippen molar-refractivity contribution in [1.29, 1.82) is 0 Å². The Labute approximate surface area is 158 Å². The number of hydrogen-bond donors (Lipinski definition) is 3. The van der Waals surface area contributed by atoms with Crippen LogP contribution in [0.4, 0.5) is 5.69 Å². The molecule has 2 aromatic rings. The van der Waals surface area contributed by atoms with E-state index in [2.05, 4.69) is 27.2 Å². The fraction of sp³-hybridized carbons (Fsp3) is 0.400. The van der Waals surface area contributed by atoms with Crippen LogP contribution in [0.3, 0.4) is 0 Å². The monoisotopic (exact) mass is 365 g/mol. The van der Waals surface area contributed by atoms with Crippen molar-refractivity contribution in [2.45, 2.75) is 24.9 Å². The summed E-state index contributed by atoms with van der Waals surface area (Å²) in [5.74, 6) is 5.57.